The lowest BCUT2D eigenvalue weighted by Gasteiger charge is -2.17. The second-order valence-corrected chi connectivity index (χ2v) is 6.73. The van der Waals surface area contributed by atoms with E-state index in [-0.39, 0.29) is 17.8 Å². The molecule has 1 amide bonds. The fourth-order valence-electron chi connectivity index (χ4n) is 3.62. The maximum Gasteiger partial charge on any atom is 0.257 e. The molecular formula is C19H20FN5O. The summed E-state index contributed by atoms with van der Waals surface area (Å²) >= 11 is 0. The summed E-state index contributed by atoms with van der Waals surface area (Å²) in [4.78, 5) is 14.8. The standard InChI is InChI=1S/C19H20FN5O/c1-12-8-13(2)25(23-12)16-6-7-24(11-16)19(26)17-10-21-22-18(17)14-4-3-5-15(20)9-14/h3-5,8-10,16H,6-7,11H2,1-2H3,(H,21,22)/t16-/m1/s1. The maximum absolute atomic E-state index is 13.5. The van der Waals surface area contributed by atoms with E-state index in [9.17, 15) is 9.18 Å². The monoisotopic (exact) mass is 353 g/mol. The third kappa shape index (κ3) is 2.89. The van der Waals surface area contributed by atoms with Crippen LogP contribution in [0.1, 0.15) is 34.2 Å². The summed E-state index contributed by atoms with van der Waals surface area (Å²) in [5, 5.41) is 11.4. The number of carbonyl (C=O) groups excluding carboxylic acids is 1. The molecule has 7 heteroatoms. The van der Waals surface area contributed by atoms with Crippen LogP contribution in [0.15, 0.2) is 36.5 Å². The highest BCUT2D eigenvalue weighted by Crippen LogP contribution is 2.27. The molecule has 0 saturated carbocycles. The summed E-state index contributed by atoms with van der Waals surface area (Å²) in [6, 6.07) is 8.37. The lowest BCUT2D eigenvalue weighted by atomic mass is 10.1. The fourth-order valence-corrected chi connectivity index (χ4v) is 3.62. The van der Waals surface area contributed by atoms with Gasteiger partial charge < -0.3 is 4.90 Å². The zero-order valence-corrected chi connectivity index (χ0v) is 14.7. The molecule has 3 heterocycles. The molecule has 3 aromatic rings. The molecule has 0 spiro atoms. The molecular weight excluding hydrogens is 333 g/mol. The van der Waals surface area contributed by atoms with E-state index in [4.69, 9.17) is 0 Å². The van der Waals surface area contributed by atoms with Crippen molar-refractivity contribution in [2.45, 2.75) is 26.3 Å². The molecule has 1 aromatic carbocycles. The van der Waals surface area contributed by atoms with Crippen molar-refractivity contribution in [1.82, 2.24) is 24.9 Å². The minimum Gasteiger partial charge on any atom is -0.336 e. The number of aryl methyl sites for hydroxylation is 2. The van der Waals surface area contributed by atoms with Gasteiger partial charge in [-0.15, -0.1) is 0 Å². The Labute approximate surface area is 150 Å². The van der Waals surface area contributed by atoms with Crippen LogP contribution in [0, 0.1) is 19.7 Å². The summed E-state index contributed by atoms with van der Waals surface area (Å²) in [5.41, 5.74) is 3.70. The highest BCUT2D eigenvalue weighted by molar-refractivity contribution is 5.99. The van der Waals surface area contributed by atoms with Crippen molar-refractivity contribution in [3.63, 3.8) is 0 Å². The van der Waals surface area contributed by atoms with Gasteiger partial charge in [0.1, 0.15) is 5.82 Å². The Kier molecular flexibility index (Phi) is 4.06. The van der Waals surface area contributed by atoms with Crippen LogP contribution >= 0.6 is 0 Å². The van der Waals surface area contributed by atoms with Crippen LogP contribution in [0.5, 0.6) is 0 Å². The van der Waals surface area contributed by atoms with Gasteiger partial charge in [0.2, 0.25) is 0 Å². The van der Waals surface area contributed by atoms with E-state index in [0.29, 0.717) is 29.9 Å². The number of amides is 1. The summed E-state index contributed by atoms with van der Waals surface area (Å²) in [5.74, 6) is -0.441. The summed E-state index contributed by atoms with van der Waals surface area (Å²) in [6.07, 6.45) is 2.38. The highest BCUT2D eigenvalue weighted by Gasteiger charge is 2.31. The summed E-state index contributed by atoms with van der Waals surface area (Å²) in [7, 11) is 0. The van der Waals surface area contributed by atoms with Crippen LogP contribution < -0.4 is 0 Å². The SMILES string of the molecule is Cc1cc(C)n([C@@H]2CCN(C(=O)c3cn[nH]c3-c3cccc(F)c3)C2)n1. The zero-order chi connectivity index (χ0) is 18.3. The van der Waals surface area contributed by atoms with Gasteiger partial charge in [0.05, 0.1) is 29.2 Å². The lowest BCUT2D eigenvalue weighted by molar-refractivity contribution is 0.0787. The maximum atomic E-state index is 13.5. The minimum atomic E-state index is -0.346. The molecule has 6 nitrogen and oxygen atoms in total. The van der Waals surface area contributed by atoms with Gasteiger partial charge in [-0.3, -0.25) is 14.6 Å². The predicted octanol–water partition coefficient (Wildman–Crippen LogP) is 3.12. The van der Waals surface area contributed by atoms with E-state index in [2.05, 4.69) is 15.3 Å². The molecule has 4 rings (SSSR count). The average molecular weight is 353 g/mol. The van der Waals surface area contributed by atoms with Crippen molar-refractivity contribution in [3.8, 4) is 11.3 Å². The number of carbonyl (C=O) groups is 1. The molecule has 1 aliphatic heterocycles. The van der Waals surface area contributed by atoms with Gasteiger partial charge in [0.15, 0.2) is 0 Å². The van der Waals surface area contributed by atoms with E-state index in [1.165, 1.54) is 18.3 Å². The van der Waals surface area contributed by atoms with Crippen molar-refractivity contribution >= 4 is 5.91 Å². The number of hydrogen-bond acceptors (Lipinski definition) is 3. The molecule has 26 heavy (non-hydrogen) atoms. The number of rotatable bonds is 3. The van der Waals surface area contributed by atoms with Gasteiger partial charge in [0, 0.05) is 24.3 Å². The van der Waals surface area contributed by atoms with E-state index >= 15 is 0 Å². The third-order valence-corrected chi connectivity index (χ3v) is 4.82. The molecule has 1 aliphatic rings. The summed E-state index contributed by atoms with van der Waals surface area (Å²) in [6.45, 7) is 5.27. The van der Waals surface area contributed by atoms with Gasteiger partial charge >= 0.3 is 0 Å². The topological polar surface area (TPSA) is 66.8 Å². The first kappa shape index (κ1) is 16.5. The van der Waals surface area contributed by atoms with Crippen LogP contribution in [0.2, 0.25) is 0 Å². The lowest BCUT2D eigenvalue weighted by Crippen LogP contribution is -2.29. The second-order valence-electron chi connectivity index (χ2n) is 6.73. The molecule has 134 valence electrons. The number of likely N-dealkylation sites (tertiary alicyclic amines) is 1. The van der Waals surface area contributed by atoms with Crippen molar-refractivity contribution in [1.29, 1.82) is 0 Å². The number of H-pyrrole nitrogens is 1. The van der Waals surface area contributed by atoms with Crippen LogP contribution in [-0.2, 0) is 0 Å². The van der Waals surface area contributed by atoms with Crippen molar-refractivity contribution in [2.75, 3.05) is 13.1 Å². The number of halogens is 1. The molecule has 0 bridgehead atoms. The summed E-state index contributed by atoms with van der Waals surface area (Å²) < 4.78 is 15.5. The van der Waals surface area contributed by atoms with Gasteiger partial charge in [-0.2, -0.15) is 10.2 Å². The molecule has 1 N–H and O–H groups in total. The van der Waals surface area contributed by atoms with Crippen LogP contribution in [0.3, 0.4) is 0 Å². The number of hydrogen-bond donors (Lipinski definition) is 1. The van der Waals surface area contributed by atoms with E-state index in [1.54, 1.807) is 12.1 Å². The first-order valence-electron chi connectivity index (χ1n) is 8.64. The van der Waals surface area contributed by atoms with E-state index < -0.39 is 0 Å². The predicted molar refractivity (Wildman–Crippen MR) is 95.2 cm³/mol. The second kappa shape index (κ2) is 6.40. The Balaban J connectivity index is 1.56. The number of benzene rings is 1. The number of nitrogens with one attached hydrogen (secondary N) is 1. The van der Waals surface area contributed by atoms with Gasteiger partial charge in [-0.05, 0) is 38.5 Å². The van der Waals surface area contributed by atoms with Crippen LogP contribution in [-0.4, -0.2) is 43.9 Å². The Morgan fingerprint density at radius 2 is 2.15 bits per heavy atom. The Bertz CT molecular complexity index is 961. The number of aromatic nitrogens is 4. The smallest absolute Gasteiger partial charge is 0.257 e. The van der Waals surface area contributed by atoms with Gasteiger partial charge in [-0.1, -0.05) is 12.1 Å². The largest absolute Gasteiger partial charge is 0.336 e. The fraction of sp³-hybridized carbons (Fsp3) is 0.316. The first-order valence-corrected chi connectivity index (χ1v) is 8.64. The molecule has 0 unspecified atom stereocenters. The highest BCUT2D eigenvalue weighted by atomic mass is 19.1. The Hall–Kier alpha value is -2.96. The van der Waals surface area contributed by atoms with Crippen LogP contribution in [0.4, 0.5) is 4.39 Å². The molecule has 1 saturated heterocycles. The number of aromatic amines is 1. The zero-order valence-electron chi connectivity index (χ0n) is 14.7. The molecule has 2 aromatic heterocycles. The van der Waals surface area contributed by atoms with Crippen molar-refractivity contribution < 1.29 is 9.18 Å². The first-order chi connectivity index (χ1) is 12.5. The van der Waals surface area contributed by atoms with Gasteiger partial charge in [-0.25, -0.2) is 4.39 Å². The molecule has 0 radical (unpaired) electrons. The van der Waals surface area contributed by atoms with Crippen LogP contribution in [0.25, 0.3) is 11.3 Å². The third-order valence-electron chi connectivity index (χ3n) is 4.82. The Morgan fingerprint density at radius 3 is 2.88 bits per heavy atom. The molecule has 0 aliphatic carbocycles. The quantitative estimate of drug-likeness (QED) is 0.787. The normalized spacial score (nSPS) is 17.0. The number of nitrogens with zero attached hydrogens (tertiary/aromatic N) is 4. The molecule has 1 fully saturated rings. The average Bonchev–Trinajstić information content (AvgIpc) is 3.33. The molecule has 1 atom stereocenters. The van der Waals surface area contributed by atoms with Crippen molar-refractivity contribution in [2.24, 2.45) is 0 Å². The van der Waals surface area contributed by atoms with E-state index in [1.807, 2.05) is 29.5 Å². The minimum absolute atomic E-state index is 0.0953. The van der Waals surface area contributed by atoms with Crippen molar-refractivity contribution in [3.05, 3.63) is 59.3 Å². The van der Waals surface area contributed by atoms with Gasteiger partial charge in [0.25, 0.3) is 5.91 Å². The van der Waals surface area contributed by atoms with E-state index in [0.717, 1.165) is 17.8 Å². The Morgan fingerprint density at radius 1 is 1.31 bits per heavy atom.